The molecule has 3 nitrogen and oxygen atoms in total. The van der Waals surface area contributed by atoms with Crippen LogP contribution in [-0.2, 0) is 0 Å². The maximum absolute atomic E-state index is 12.0. The number of likely N-dealkylation sites (tertiary alicyclic amines) is 1. The average molecular weight is 204 g/mol. The molecule has 1 aromatic carbocycles. The Morgan fingerprint density at radius 3 is 2.60 bits per heavy atom. The van der Waals surface area contributed by atoms with E-state index in [2.05, 4.69) is 0 Å². The molecule has 0 radical (unpaired) electrons. The van der Waals surface area contributed by atoms with E-state index in [-0.39, 0.29) is 5.91 Å². The number of amides is 1. The molecule has 1 heterocycles. The zero-order valence-electron chi connectivity index (χ0n) is 8.99. The Kier molecular flexibility index (Phi) is 2.62. The molecule has 1 aliphatic rings. The van der Waals surface area contributed by atoms with E-state index in [9.17, 15) is 4.79 Å². The summed E-state index contributed by atoms with van der Waals surface area (Å²) < 4.78 is 0. The van der Waals surface area contributed by atoms with E-state index in [0.717, 1.165) is 31.5 Å². The van der Waals surface area contributed by atoms with Gasteiger partial charge < -0.3 is 10.6 Å². The maximum Gasteiger partial charge on any atom is 0.253 e. The Morgan fingerprint density at radius 2 is 2.00 bits per heavy atom. The number of nitrogens with zero attached hydrogens (tertiary/aromatic N) is 1. The zero-order valence-corrected chi connectivity index (χ0v) is 8.99. The number of carbonyl (C=O) groups excluding carboxylic acids is 1. The van der Waals surface area contributed by atoms with Crippen molar-refractivity contribution in [3.8, 4) is 0 Å². The van der Waals surface area contributed by atoms with Crippen molar-refractivity contribution in [3.63, 3.8) is 0 Å². The fraction of sp³-hybridized carbons (Fsp3) is 0.417. The molecule has 0 saturated carbocycles. The molecule has 1 aliphatic heterocycles. The van der Waals surface area contributed by atoms with Crippen LogP contribution >= 0.6 is 0 Å². The van der Waals surface area contributed by atoms with Gasteiger partial charge in [0.15, 0.2) is 0 Å². The third-order valence-corrected chi connectivity index (χ3v) is 2.92. The van der Waals surface area contributed by atoms with Gasteiger partial charge >= 0.3 is 0 Å². The van der Waals surface area contributed by atoms with Crippen LogP contribution in [0.15, 0.2) is 18.2 Å². The molecular weight excluding hydrogens is 188 g/mol. The Balaban J connectivity index is 2.21. The number of hydrogen-bond donors (Lipinski definition) is 1. The molecule has 1 fully saturated rings. The standard InChI is InChI=1S/C12H16N2O/c1-9-4-5-10(8-11(9)13)12(15)14-6-2-3-7-14/h4-5,8H,2-3,6-7,13H2,1H3. The van der Waals surface area contributed by atoms with Gasteiger partial charge in [0.1, 0.15) is 0 Å². The third-order valence-electron chi connectivity index (χ3n) is 2.92. The highest BCUT2D eigenvalue weighted by atomic mass is 16.2. The quantitative estimate of drug-likeness (QED) is 0.709. The van der Waals surface area contributed by atoms with Crippen LogP contribution in [0.1, 0.15) is 28.8 Å². The predicted octanol–water partition coefficient (Wildman–Crippen LogP) is 1.81. The van der Waals surface area contributed by atoms with Crippen molar-refractivity contribution < 1.29 is 4.79 Å². The highest BCUT2D eigenvalue weighted by Crippen LogP contribution is 2.17. The summed E-state index contributed by atoms with van der Waals surface area (Å²) in [6, 6.07) is 5.53. The fourth-order valence-corrected chi connectivity index (χ4v) is 1.88. The summed E-state index contributed by atoms with van der Waals surface area (Å²) in [7, 11) is 0. The van der Waals surface area contributed by atoms with Crippen LogP contribution in [0.4, 0.5) is 5.69 Å². The highest BCUT2D eigenvalue weighted by molar-refractivity contribution is 5.95. The van der Waals surface area contributed by atoms with Gasteiger partial charge in [0.25, 0.3) is 5.91 Å². The summed E-state index contributed by atoms with van der Waals surface area (Å²) in [6.45, 7) is 3.71. The first-order valence-corrected chi connectivity index (χ1v) is 5.34. The van der Waals surface area contributed by atoms with Crippen LogP contribution in [-0.4, -0.2) is 23.9 Å². The Hall–Kier alpha value is -1.51. The summed E-state index contributed by atoms with van der Waals surface area (Å²) in [4.78, 5) is 13.9. The molecule has 0 aliphatic carbocycles. The van der Waals surface area contributed by atoms with Gasteiger partial charge in [-0.1, -0.05) is 6.07 Å². The summed E-state index contributed by atoms with van der Waals surface area (Å²) in [5, 5.41) is 0. The zero-order chi connectivity index (χ0) is 10.8. The number of nitrogen functional groups attached to an aromatic ring is 1. The molecule has 0 bridgehead atoms. The topological polar surface area (TPSA) is 46.3 Å². The molecule has 2 N–H and O–H groups in total. The van der Waals surface area contributed by atoms with Gasteiger partial charge in [-0.05, 0) is 37.5 Å². The summed E-state index contributed by atoms with van der Waals surface area (Å²) in [5.74, 6) is 0.110. The number of hydrogen-bond acceptors (Lipinski definition) is 2. The molecule has 0 unspecified atom stereocenters. The van der Waals surface area contributed by atoms with Crippen LogP contribution in [0, 0.1) is 6.92 Å². The van der Waals surface area contributed by atoms with Crippen LogP contribution in [0.3, 0.4) is 0 Å². The van der Waals surface area contributed by atoms with Gasteiger partial charge in [-0.2, -0.15) is 0 Å². The second-order valence-electron chi connectivity index (χ2n) is 4.07. The van der Waals surface area contributed by atoms with E-state index >= 15 is 0 Å². The van der Waals surface area contributed by atoms with Gasteiger partial charge in [0, 0.05) is 24.3 Å². The molecular formula is C12H16N2O. The largest absolute Gasteiger partial charge is 0.398 e. The van der Waals surface area contributed by atoms with Crippen molar-refractivity contribution >= 4 is 11.6 Å². The summed E-state index contributed by atoms with van der Waals surface area (Å²) in [6.07, 6.45) is 2.24. The maximum atomic E-state index is 12.0. The van der Waals surface area contributed by atoms with Crippen LogP contribution < -0.4 is 5.73 Å². The normalized spacial score (nSPS) is 15.7. The van der Waals surface area contributed by atoms with E-state index < -0.39 is 0 Å². The lowest BCUT2D eigenvalue weighted by Gasteiger charge is -2.15. The lowest BCUT2D eigenvalue weighted by Crippen LogP contribution is -2.27. The second-order valence-corrected chi connectivity index (χ2v) is 4.07. The Labute approximate surface area is 89.9 Å². The lowest BCUT2D eigenvalue weighted by molar-refractivity contribution is 0.0793. The van der Waals surface area contributed by atoms with Crippen LogP contribution in [0.5, 0.6) is 0 Å². The van der Waals surface area contributed by atoms with Gasteiger partial charge in [-0.15, -0.1) is 0 Å². The molecule has 1 saturated heterocycles. The minimum atomic E-state index is 0.110. The molecule has 0 atom stereocenters. The van der Waals surface area contributed by atoms with Crippen molar-refractivity contribution in [3.05, 3.63) is 29.3 Å². The number of aryl methyl sites for hydroxylation is 1. The number of benzene rings is 1. The van der Waals surface area contributed by atoms with E-state index in [0.29, 0.717) is 11.3 Å². The second kappa shape index (κ2) is 3.93. The van der Waals surface area contributed by atoms with Crippen LogP contribution in [0.25, 0.3) is 0 Å². The molecule has 3 heteroatoms. The molecule has 80 valence electrons. The molecule has 0 aromatic heterocycles. The van der Waals surface area contributed by atoms with Crippen molar-refractivity contribution in [2.45, 2.75) is 19.8 Å². The minimum absolute atomic E-state index is 0.110. The molecule has 2 rings (SSSR count). The Morgan fingerprint density at radius 1 is 1.33 bits per heavy atom. The first-order chi connectivity index (χ1) is 7.18. The van der Waals surface area contributed by atoms with Crippen molar-refractivity contribution in [2.24, 2.45) is 0 Å². The third kappa shape index (κ3) is 1.96. The van der Waals surface area contributed by atoms with Gasteiger partial charge in [0.2, 0.25) is 0 Å². The van der Waals surface area contributed by atoms with Gasteiger partial charge in [0.05, 0.1) is 0 Å². The number of rotatable bonds is 1. The molecule has 1 amide bonds. The first-order valence-electron chi connectivity index (χ1n) is 5.34. The predicted molar refractivity (Wildman–Crippen MR) is 60.7 cm³/mol. The highest BCUT2D eigenvalue weighted by Gasteiger charge is 2.19. The SMILES string of the molecule is Cc1ccc(C(=O)N2CCCC2)cc1N. The fourth-order valence-electron chi connectivity index (χ4n) is 1.88. The van der Waals surface area contributed by atoms with E-state index in [1.165, 1.54) is 0 Å². The first kappa shape index (κ1) is 10.0. The molecule has 1 aromatic rings. The average Bonchev–Trinajstić information content (AvgIpc) is 2.74. The van der Waals surface area contributed by atoms with Crippen molar-refractivity contribution in [1.82, 2.24) is 4.90 Å². The molecule has 15 heavy (non-hydrogen) atoms. The van der Waals surface area contributed by atoms with E-state index in [4.69, 9.17) is 5.73 Å². The smallest absolute Gasteiger partial charge is 0.253 e. The minimum Gasteiger partial charge on any atom is -0.398 e. The van der Waals surface area contributed by atoms with Gasteiger partial charge in [-0.25, -0.2) is 0 Å². The van der Waals surface area contributed by atoms with E-state index in [1.807, 2.05) is 24.0 Å². The monoisotopic (exact) mass is 204 g/mol. The van der Waals surface area contributed by atoms with E-state index in [1.54, 1.807) is 6.07 Å². The number of nitrogens with two attached hydrogens (primary N) is 1. The van der Waals surface area contributed by atoms with Crippen LogP contribution in [0.2, 0.25) is 0 Å². The summed E-state index contributed by atoms with van der Waals surface area (Å²) in [5.41, 5.74) is 8.21. The summed E-state index contributed by atoms with van der Waals surface area (Å²) >= 11 is 0. The Bertz CT molecular complexity index is 381. The number of anilines is 1. The van der Waals surface area contributed by atoms with Crippen molar-refractivity contribution in [2.75, 3.05) is 18.8 Å². The van der Waals surface area contributed by atoms with Crippen molar-refractivity contribution in [1.29, 1.82) is 0 Å². The van der Waals surface area contributed by atoms with Gasteiger partial charge in [-0.3, -0.25) is 4.79 Å². The lowest BCUT2D eigenvalue weighted by atomic mass is 10.1. The molecule has 0 spiro atoms. The number of carbonyl (C=O) groups is 1.